The van der Waals surface area contributed by atoms with E-state index in [0.29, 0.717) is 11.8 Å². The van der Waals surface area contributed by atoms with Crippen molar-refractivity contribution in [2.45, 2.75) is 18.0 Å². The van der Waals surface area contributed by atoms with Gasteiger partial charge in [-0.25, -0.2) is 0 Å². The molecule has 5 heteroatoms. The van der Waals surface area contributed by atoms with E-state index in [-0.39, 0.29) is 0 Å². The molecule has 1 heterocycles. The Morgan fingerprint density at radius 3 is 2.82 bits per heavy atom. The van der Waals surface area contributed by atoms with E-state index in [0.717, 1.165) is 18.0 Å². The maximum Gasteiger partial charge on any atom is 0.293 e. The quantitative estimate of drug-likeness (QED) is 0.594. The summed E-state index contributed by atoms with van der Waals surface area (Å²) in [7, 11) is 0. The molecule has 2 rings (SSSR count). The molecule has 0 N–H and O–H groups in total. The molecule has 0 spiro atoms. The van der Waals surface area contributed by atoms with Crippen molar-refractivity contribution in [3.63, 3.8) is 0 Å². The number of hydrogen-bond acceptors (Lipinski definition) is 5. The van der Waals surface area contributed by atoms with Gasteiger partial charge < -0.3 is 4.74 Å². The van der Waals surface area contributed by atoms with Gasteiger partial charge in [-0.05, 0) is 24.7 Å². The van der Waals surface area contributed by atoms with Gasteiger partial charge in [0, 0.05) is 11.5 Å². The Balaban J connectivity index is 1.69. The van der Waals surface area contributed by atoms with Crippen molar-refractivity contribution in [2.75, 3.05) is 12.9 Å². The fourth-order valence-electron chi connectivity index (χ4n) is 1.42. The topological polar surface area (TPSA) is 35.0 Å². The lowest BCUT2D eigenvalue weighted by atomic mass is 10.1. The van der Waals surface area contributed by atoms with Crippen molar-refractivity contribution in [2.24, 2.45) is 0 Å². The fourth-order valence-corrected chi connectivity index (χ4v) is 2.52. The number of hydrogen-bond donors (Lipinski definition) is 0. The zero-order chi connectivity index (χ0) is 11.9. The number of thioether (sulfide) groups is 1. The molecule has 0 aliphatic rings. The van der Waals surface area contributed by atoms with Gasteiger partial charge in [-0.3, -0.25) is 0 Å². The number of aryl methyl sites for hydroxylation is 1. The number of rotatable bonds is 6. The molecule has 0 bridgehead atoms. The van der Waals surface area contributed by atoms with Crippen molar-refractivity contribution >= 4 is 23.3 Å². The van der Waals surface area contributed by atoms with E-state index < -0.39 is 0 Å². The van der Waals surface area contributed by atoms with Crippen LogP contribution < -0.4 is 4.74 Å². The maximum absolute atomic E-state index is 5.54. The molecule has 0 atom stereocenters. The third-order valence-corrected chi connectivity index (χ3v) is 3.54. The lowest BCUT2D eigenvalue weighted by Gasteiger charge is -2.01. The van der Waals surface area contributed by atoms with Crippen molar-refractivity contribution in [1.82, 2.24) is 9.36 Å². The largest absolute Gasteiger partial charge is 0.469 e. The average Bonchev–Trinajstić information content (AvgIpc) is 2.84. The fraction of sp³-hybridized carbons (Fsp3) is 0.333. The van der Waals surface area contributed by atoms with Crippen LogP contribution in [0.5, 0.6) is 5.19 Å². The Morgan fingerprint density at radius 2 is 2.12 bits per heavy atom. The molecule has 0 aliphatic heterocycles. The molecule has 0 amide bonds. The SMILES string of the molecule is CSc1nsc(OCCCc2ccccc2)n1. The molecule has 2 aromatic rings. The van der Waals surface area contributed by atoms with Gasteiger partial charge >= 0.3 is 0 Å². The molecule has 0 fully saturated rings. The van der Waals surface area contributed by atoms with E-state index in [4.69, 9.17) is 4.74 Å². The van der Waals surface area contributed by atoms with Gasteiger partial charge in [0.1, 0.15) is 0 Å². The van der Waals surface area contributed by atoms with Gasteiger partial charge in [0.2, 0.25) is 5.16 Å². The summed E-state index contributed by atoms with van der Waals surface area (Å²) < 4.78 is 9.68. The molecule has 0 aliphatic carbocycles. The summed E-state index contributed by atoms with van der Waals surface area (Å²) in [5.74, 6) is 0. The summed E-state index contributed by atoms with van der Waals surface area (Å²) in [6.07, 6.45) is 3.99. The summed E-state index contributed by atoms with van der Waals surface area (Å²) >= 11 is 2.85. The zero-order valence-corrected chi connectivity index (χ0v) is 11.3. The minimum atomic E-state index is 0.669. The van der Waals surface area contributed by atoms with E-state index in [1.54, 1.807) is 0 Å². The second-order valence-electron chi connectivity index (χ2n) is 3.48. The third kappa shape index (κ3) is 4.02. The average molecular weight is 266 g/mol. The second-order valence-corrected chi connectivity index (χ2v) is 4.97. The smallest absolute Gasteiger partial charge is 0.293 e. The highest BCUT2D eigenvalue weighted by molar-refractivity contribution is 7.98. The minimum Gasteiger partial charge on any atom is -0.469 e. The van der Waals surface area contributed by atoms with Crippen LogP contribution in [0.2, 0.25) is 0 Å². The Labute approximate surface area is 109 Å². The predicted molar refractivity (Wildman–Crippen MR) is 71.9 cm³/mol. The predicted octanol–water partition coefficient (Wildman–Crippen LogP) is 3.27. The van der Waals surface area contributed by atoms with Crippen molar-refractivity contribution in [3.05, 3.63) is 35.9 Å². The first kappa shape index (κ1) is 12.4. The first-order chi connectivity index (χ1) is 8.38. The Morgan fingerprint density at radius 1 is 1.29 bits per heavy atom. The normalized spacial score (nSPS) is 10.4. The van der Waals surface area contributed by atoms with Crippen LogP contribution in [0.25, 0.3) is 0 Å². The summed E-state index contributed by atoms with van der Waals surface area (Å²) in [4.78, 5) is 4.22. The highest BCUT2D eigenvalue weighted by Crippen LogP contribution is 2.19. The van der Waals surface area contributed by atoms with Crippen LogP contribution >= 0.6 is 23.3 Å². The van der Waals surface area contributed by atoms with Crippen LogP contribution in [0.3, 0.4) is 0 Å². The third-order valence-electron chi connectivity index (χ3n) is 2.25. The lowest BCUT2D eigenvalue weighted by molar-refractivity contribution is 0.308. The number of aromatic nitrogens is 2. The van der Waals surface area contributed by atoms with E-state index in [9.17, 15) is 0 Å². The number of nitrogens with zero attached hydrogens (tertiary/aromatic N) is 2. The van der Waals surface area contributed by atoms with Crippen LogP contribution in [0.1, 0.15) is 12.0 Å². The van der Waals surface area contributed by atoms with E-state index in [1.807, 2.05) is 12.3 Å². The number of ether oxygens (including phenoxy) is 1. The molecule has 0 saturated heterocycles. The molecule has 90 valence electrons. The van der Waals surface area contributed by atoms with E-state index >= 15 is 0 Å². The molecule has 1 aromatic carbocycles. The summed E-state index contributed by atoms with van der Waals surface area (Å²) in [6, 6.07) is 10.4. The molecule has 0 radical (unpaired) electrons. The van der Waals surface area contributed by atoms with Crippen LogP contribution in [-0.4, -0.2) is 22.2 Å². The van der Waals surface area contributed by atoms with Gasteiger partial charge in [-0.15, -0.1) is 0 Å². The highest BCUT2D eigenvalue weighted by atomic mass is 32.2. The number of benzene rings is 1. The second kappa shape index (κ2) is 6.61. The minimum absolute atomic E-state index is 0.669. The molecule has 17 heavy (non-hydrogen) atoms. The van der Waals surface area contributed by atoms with Crippen molar-refractivity contribution in [3.8, 4) is 5.19 Å². The molecule has 0 unspecified atom stereocenters. The first-order valence-electron chi connectivity index (χ1n) is 5.43. The van der Waals surface area contributed by atoms with Gasteiger partial charge in [0.05, 0.1) is 6.61 Å². The Hall–Kier alpha value is -1.07. The lowest BCUT2D eigenvalue weighted by Crippen LogP contribution is -1.98. The van der Waals surface area contributed by atoms with Gasteiger partial charge in [0.15, 0.2) is 0 Å². The zero-order valence-electron chi connectivity index (χ0n) is 9.63. The van der Waals surface area contributed by atoms with Crippen LogP contribution in [0.15, 0.2) is 35.5 Å². The van der Waals surface area contributed by atoms with Gasteiger partial charge in [-0.2, -0.15) is 9.36 Å². The highest BCUT2D eigenvalue weighted by Gasteiger charge is 2.03. The van der Waals surface area contributed by atoms with Crippen molar-refractivity contribution in [1.29, 1.82) is 0 Å². The van der Waals surface area contributed by atoms with E-state index in [1.165, 1.54) is 28.9 Å². The summed E-state index contributed by atoms with van der Waals surface area (Å²) in [5.41, 5.74) is 1.35. The Bertz CT molecular complexity index is 445. The molecule has 3 nitrogen and oxygen atoms in total. The standard InChI is InChI=1S/C12H14N2OS2/c1-16-11-13-12(17-14-11)15-9-5-8-10-6-3-2-4-7-10/h2-4,6-7H,5,8-9H2,1H3. The van der Waals surface area contributed by atoms with E-state index in [2.05, 4.69) is 33.6 Å². The van der Waals surface area contributed by atoms with Crippen LogP contribution in [0, 0.1) is 0 Å². The summed E-state index contributed by atoms with van der Waals surface area (Å²) in [5, 5.41) is 1.45. The maximum atomic E-state index is 5.54. The van der Waals surface area contributed by atoms with Crippen LogP contribution in [0.4, 0.5) is 0 Å². The summed E-state index contributed by atoms with van der Waals surface area (Å²) in [6.45, 7) is 0.692. The van der Waals surface area contributed by atoms with Gasteiger partial charge in [0.25, 0.3) is 5.19 Å². The van der Waals surface area contributed by atoms with Crippen molar-refractivity contribution < 1.29 is 4.74 Å². The monoisotopic (exact) mass is 266 g/mol. The first-order valence-corrected chi connectivity index (χ1v) is 7.43. The molecule has 1 aromatic heterocycles. The molecule has 0 saturated carbocycles. The van der Waals surface area contributed by atoms with Gasteiger partial charge in [-0.1, -0.05) is 42.1 Å². The molecular weight excluding hydrogens is 252 g/mol. The van der Waals surface area contributed by atoms with Crippen LogP contribution in [-0.2, 0) is 6.42 Å². The Kier molecular flexibility index (Phi) is 4.82. The molecular formula is C12H14N2OS2.